The van der Waals surface area contributed by atoms with Gasteiger partial charge in [-0.2, -0.15) is 0 Å². The zero-order valence-corrected chi connectivity index (χ0v) is 18.4. The Morgan fingerprint density at radius 3 is 2.58 bits per heavy atom. The number of methoxy groups -OCH3 is 1. The predicted octanol–water partition coefficient (Wildman–Crippen LogP) is 2.34. The van der Waals surface area contributed by atoms with E-state index in [2.05, 4.69) is 13.8 Å². The van der Waals surface area contributed by atoms with Crippen molar-refractivity contribution >= 4 is 17.7 Å². The number of hydrogen-bond donors (Lipinski definition) is 0. The van der Waals surface area contributed by atoms with Gasteiger partial charge < -0.3 is 18.9 Å². The first-order valence-corrected chi connectivity index (χ1v) is 11.9. The molecule has 4 saturated carbocycles. The molecule has 0 aromatic carbocycles. The van der Waals surface area contributed by atoms with Crippen LogP contribution in [0.25, 0.3) is 0 Å². The Morgan fingerprint density at radius 1 is 1.06 bits per heavy atom. The zero-order chi connectivity index (χ0) is 21.6. The van der Waals surface area contributed by atoms with E-state index >= 15 is 0 Å². The molecule has 3 spiro atoms. The van der Waals surface area contributed by atoms with E-state index in [-0.39, 0.29) is 52.4 Å². The molecular weight excluding hydrogens is 400 g/mol. The number of rotatable bonds is 1. The highest BCUT2D eigenvalue weighted by atomic mass is 16.6. The van der Waals surface area contributed by atoms with Crippen molar-refractivity contribution in [1.82, 2.24) is 0 Å². The van der Waals surface area contributed by atoms with E-state index in [4.69, 9.17) is 18.9 Å². The molecule has 7 fully saturated rings. The second-order valence-corrected chi connectivity index (χ2v) is 11.7. The van der Waals surface area contributed by atoms with Crippen LogP contribution in [0.5, 0.6) is 0 Å². The Labute approximate surface area is 181 Å². The molecule has 0 amide bonds. The molecule has 10 atom stereocenters. The van der Waals surface area contributed by atoms with Gasteiger partial charge in [0.05, 0.1) is 19.1 Å². The SMILES string of the molecule is COC(=O)C1C[C@@]23O[C@@H]2C(=O)CC[C@]3(C)[C@@]23O[C@@H]2C[C@@]2(C)C(CC[C@@]24CCC(=O)O4)C13. The minimum atomic E-state index is -0.601. The fourth-order valence-corrected chi connectivity index (χ4v) is 9.63. The zero-order valence-electron chi connectivity index (χ0n) is 18.4. The summed E-state index contributed by atoms with van der Waals surface area (Å²) in [7, 11) is 1.44. The van der Waals surface area contributed by atoms with E-state index in [0.717, 1.165) is 32.1 Å². The molecule has 168 valence electrons. The normalized spacial score (nSPS) is 60.3. The number of esters is 2. The molecule has 0 aromatic heterocycles. The molecule has 3 heterocycles. The van der Waals surface area contributed by atoms with E-state index in [1.54, 1.807) is 0 Å². The number of carbonyl (C=O) groups excluding carboxylic acids is 3. The van der Waals surface area contributed by atoms with Crippen LogP contribution >= 0.6 is 0 Å². The van der Waals surface area contributed by atoms with Crippen molar-refractivity contribution in [2.75, 3.05) is 7.11 Å². The maximum atomic E-state index is 13.2. The molecule has 3 aliphatic heterocycles. The molecule has 7 aliphatic rings. The van der Waals surface area contributed by atoms with Crippen molar-refractivity contribution in [3.8, 4) is 0 Å². The van der Waals surface area contributed by atoms with Gasteiger partial charge in [-0.3, -0.25) is 14.4 Å². The predicted molar refractivity (Wildman–Crippen MR) is 105 cm³/mol. The number of carbonyl (C=O) groups is 3. The second-order valence-electron chi connectivity index (χ2n) is 11.7. The summed E-state index contributed by atoms with van der Waals surface area (Å²) in [5, 5.41) is 0. The molecule has 0 bridgehead atoms. The summed E-state index contributed by atoms with van der Waals surface area (Å²) >= 11 is 0. The lowest BCUT2D eigenvalue weighted by atomic mass is 9.41. The van der Waals surface area contributed by atoms with Crippen molar-refractivity contribution in [3.05, 3.63) is 0 Å². The fraction of sp³-hybridized carbons (Fsp3) is 0.875. The van der Waals surface area contributed by atoms with Crippen molar-refractivity contribution in [3.63, 3.8) is 0 Å². The first-order valence-electron chi connectivity index (χ1n) is 11.9. The summed E-state index contributed by atoms with van der Waals surface area (Å²) in [5.74, 6) is -0.325. The molecule has 7 rings (SSSR count). The molecule has 3 saturated heterocycles. The molecule has 3 unspecified atom stereocenters. The maximum Gasteiger partial charge on any atom is 0.309 e. The van der Waals surface area contributed by atoms with E-state index in [1.165, 1.54) is 7.11 Å². The number of fused-ring (bicyclic) bond motifs is 3. The summed E-state index contributed by atoms with van der Waals surface area (Å²) in [5.41, 5.74) is -2.00. The van der Waals surface area contributed by atoms with Crippen LogP contribution in [-0.2, 0) is 33.3 Å². The fourth-order valence-electron chi connectivity index (χ4n) is 9.63. The second kappa shape index (κ2) is 5.19. The molecule has 0 N–H and O–H groups in total. The third-order valence-corrected chi connectivity index (χ3v) is 11.2. The van der Waals surface area contributed by atoms with Gasteiger partial charge in [-0.05, 0) is 44.4 Å². The van der Waals surface area contributed by atoms with Gasteiger partial charge in [0.25, 0.3) is 0 Å². The van der Waals surface area contributed by atoms with Gasteiger partial charge in [0.1, 0.15) is 22.9 Å². The molecular formula is C24H30O7. The number of hydrogen-bond acceptors (Lipinski definition) is 7. The summed E-state index contributed by atoms with van der Waals surface area (Å²) in [4.78, 5) is 37.9. The summed E-state index contributed by atoms with van der Waals surface area (Å²) in [6.07, 6.45) is 5.22. The lowest BCUT2D eigenvalue weighted by molar-refractivity contribution is -0.184. The van der Waals surface area contributed by atoms with Crippen LogP contribution in [-0.4, -0.2) is 53.8 Å². The molecule has 4 aliphatic carbocycles. The monoisotopic (exact) mass is 430 g/mol. The van der Waals surface area contributed by atoms with Gasteiger partial charge in [0.15, 0.2) is 5.78 Å². The highest BCUT2D eigenvalue weighted by molar-refractivity contribution is 5.89. The molecule has 7 nitrogen and oxygen atoms in total. The van der Waals surface area contributed by atoms with Crippen molar-refractivity contribution < 1.29 is 33.3 Å². The standard InChI is InChI=1S/C24H30O7/c1-20-11-15-24(29-15)17(13(20)4-8-22(20)9-6-16(26)30-22)12(19(27)28-3)10-23-18(31-23)14(25)5-7-21(23,24)2/h12-13,15,17-18H,4-11H2,1-3H3/t12?,13?,15-,17?,18-,20+,21+,22-,23-,24-/m1/s1. The third kappa shape index (κ3) is 1.77. The first kappa shape index (κ1) is 19.0. The molecule has 31 heavy (non-hydrogen) atoms. The van der Waals surface area contributed by atoms with Gasteiger partial charge in [-0.1, -0.05) is 13.8 Å². The Balaban J connectivity index is 1.37. The third-order valence-electron chi connectivity index (χ3n) is 11.2. The molecule has 0 aromatic rings. The van der Waals surface area contributed by atoms with Crippen LogP contribution in [0.4, 0.5) is 0 Å². The Kier molecular flexibility index (Phi) is 3.19. The molecule has 7 heteroatoms. The number of ether oxygens (including phenoxy) is 4. The van der Waals surface area contributed by atoms with E-state index < -0.39 is 22.9 Å². The summed E-state index contributed by atoms with van der Waals surface area (Å²) < 4.78 is 24.2. The van der Waals surface area contributed by atoms with Crippen LogP contribution in [0.15, 0.2) is 0 Å². The van der Waals surface area contributed by atoms with Crippen molar-refractivity contribution in [2.24, 2.45) is 28.6 Å². The van der Waals surface area contributed by atoms with E-state index in [0.29, 0.717) is 19.3 Å². The first-order chi connectivity index (χ1) is 14.7. The van der Waals surface area contributed by atoms with Gasteiger partial charge in [-0.15, -0.1) is 0 Å². The number of ketones is 1. The van der Waals surface area contributed by atoms with Crippen molar-refractivity contribution in [1.29, 1.82) is 0 Å². The minimum Gasteiger partial charge on any atom is -0.469 e. The van der Waals surface area contributed by atoms with Crippen molar-refractivity contribution in [2.45, 2.75) is 94.2 Å². The maximum absolute atomic E-state index is 13.2. The largest absolute Gasteiger partial charge is 0.469 e. The summed E-state index contributed by atoms with van der Waals surface area (Å²) in [6.45, 7) is 4.50. The highest BCUT2D eigenvalue weighted by Gasteiger charge is 2.91. The average molecular weight is 430 g/mol. The van der Waals surface area contributed by atoms with E-state index in [9.17, 15) is 14.4 Å². The van der Waals surface area contributed by atoms with Gasteiger partial charge in [-0.25, -0.2) is 0 Å². The van der Waals surface area contributed by atoms with E-state index in [1.807, 2.05) is 0 Å². The Hall–Kier alpha value is -1.47. The number of Topliss-reactive ketones (excluding diaryl/α,β-unsaturated/α-hetero) is 1. The van der Waals surface area contributed by atoms with Gasteiger partial charge in [0.2, 0.25) is 0 Å². The van der Waals surface area contributed by atoms with Crippen LogP contribution in [0.2, 0.25) is 0 Å². The highest BCUT2D eigenvalue weighted by Crippen LogP contribution is 2.82. The summed E-state index contributed by atoms with van der Waals surface area (Å²) in [6, 6.07) is 0. The quantitative estimate of drug-likeness (QED) is 0.465. The topological polar surface area (TPSA) is 94.7 Å². The van der Waals surface area contributed by atoms with Crippen LogP contribution < -0.4 is 0 Å². The Morgan fingerprint density at radius 2 is 1.87 bits per heavy atom. The van der Waals surface area contributed by atoms with Crippen LogP contribution in [0.1, 0.15) is 65.2 Å². The minimum absolute atomic E-state index is 0.000380. The Bertz CT molecular complexity index is 946. The number of epoxide rings is 2. The smallest absolute Gasteiger partial charge is 0.309 e. The average Bonchev–Trinajstić information content (AvgIpc) is 3.59. The lowest BCUT2D eigenvalue weighted by Crippen LogP contribution is -2.68. The lowest BCUT2D eigenvalue weighted by Gasteiger charge is -2.59. The molecule has 0 radical (unpaired) electrons. The van der Waals surface area contributed by atoms with Gasteiger partial charge >= 0.3 is 11.9 Å². The van der Waals surface area contributed by atoms with Crippen LogP contribution in [0.3, 0.4) is 0 Å². The van der Waals surface area contributed by atoms with Gasteiger partial charge in [0, 0.05) is 29.6 Å². The van der Waals surface area contributed by atoms with Crippen LogP contribution in [0, 0.1) is 28.6 Å².